The molecule has 0 radical (unpaired) electrons. The lowest BCUT2D eigenvalue weighted by Crippen LogP contribution is -2.51. The van der Waals surface area contributed by atoms with E-state index >= 15 is 0 Å². The van der Waals surface area contributed by atoms with E-state index in [1.54, 1.807) is 13.8 Å². The van der Waals surface area contributed by atoms with Crippen LogP contribution in [0.3, 0.4) is 0 Å². The zero-order valence-corrected chi connectivity index (χ0v) is 19.9. The lowest BCUT2D eigenvalue weighted by atomic mass is 9.98. The molecule has 0 aromatic carbocycles. The van der Waals surface area contributed by atoms with Gasteiger partial charge in [0.15, 0.2) is 5.76 Å². The van der Waals surface area contributed by atoms with Gasteiger partial charge in [-0.15, -0.1) is 0 Å². The van der Waals surface area contributed by atoms with Crippen molar-refractivity contribution in [2.24, 2.45) is 11.8 Å². The molecule has 2 atom stereocenters. The average Bonchev–Trinajstić information content (AvgIpc) is 3.10. The van der Waals surface area contributed by atoms with Crippen molar-refractivity contribution in [1.29, 1.82) is 0 Å². The van der Waals surface area contributed by atoms with Crippen LogP contribution in [0.15, 0.2) is 9.42 Å². The second-order valence-corrected chi connectivity index (χ2v) is 10.9. The minimum atomic E-state index is -3.74. The Morgan fingerprint density at radius 1 is 1.23 bits per heavy atom. The number of aromatic nitrogens is 1. The molecule has 1 N–H and O–H groups in total. The number of carbonyl (C=O) groups excluding carboxylic acids is 1. The quantitative estimate of drug-likeness (QED) is 0.633. The molecule has 0 spiro atoms. The van der Waals surface area contributed by atoms with Crippen molar-refractivity contribution in [1.82, 2.24) is 19.7 Å². The van der Waals surface area contributed by atoms with Gasteiger partial charge in [0.25, 0.3) is 0 Å². The first-order chi connectivity index (χ1) is 14.7. The van der Waals surface area contributed by atoms with Gasteiger partial charge in [-0.1, -0.05) is 19.0 Å². The van der Waals surface area contributed by atoms with Crippen LogP contribution < -0.4 is 5.32 Å². The van der Waals surface area contributed by atoms with E-state index in [1.807, 2.05) is 0 Å². The van der Waals surface area contributed by atoms with E-state index in [2.05, 4.69) is 29.2 Å². The summed E-state index contributed by atoms with van der Waals surface area (Å²) in [6.07, 6.45) is 2.34. The van der Waals surface area contributed by atoms with Crippen LogP contribution in [0.25, 0.3) is 0 Å². The molecule has 2 aliphatic heterocycles. The number of piperidine rings is 1. The van der Waals surface area contributed by atoms with Crippen LogP contribution in [0.4, 0.5) is 0 Å². The molecule has 2 unspecified atom stereocenters. The third kappa shape index (κ3) is 5.85. The number of sulfonamides is 1. The molecule has 9 nitrogen and oxygen atoms in total. The zero-order valence-electron chi connectivity index (χ0n) is 19.1. The van der Waals surface area contributed by atoms with Crippen LogP contribution in [-0.2, 0) is 19.6 Å². The van der Waals surface area contributed by atoms with E-state index in [-0.39, 0.29) is 35.1 Å². The molecule has 2 aliphatic rings. The van der Waals surface area contributed by atoms with Gasteiger partial charge in [0, 0.05) is 38.8 Å². The Balaban J connectivity index is 1.62. The Morgan fingerprint density at radius 3 is 2.55 bits per heavy atom. The lowest BCUT2D eigenvalue weighted by molar-refractivity contribution is -0.126. The molecule has 0 aliphatic carbocycles. The van der Waals surface area contributed by atoms with Crippen LogP contribution in [0.5, 0.6) is 0 Å². The predicted molar refractivity (Wildman–Crippen MR) is 116 cm³/mol. The maximum atomic E-state index is 13.1. The van der Waals surface area contributed by atoms with Gasteiger partial charge in [0.05, 0.1) is 19.1 Å². The third-order valence-corrected chi connectivity index (χ3v) is 8.25. The first-order valence-electron chi connectivity index (χ1n) is 11.2. The van der Waals surface area contributed by atoms with Crippen molar-refractivity contribution in [2.45, 2.75) is 57.9 Å². The van der Waals surface area contributed by atoms with E-state index in [0.29, 0.717) is 37.5 Å². The monoisotopic (exact) mass is 456 g/mol. The number of rotatable bonds is 8. The molecule has 176 valence electrons. The van der Waals surface area contributed by atoms with Crippen molar-refractivity contribution >= 4 is 15.9 Å². The molecule has 3 heterocycles. The Hall–Kier alpha value is -1.49. The molecule has 2 saturated heterocycles. The minimum absolute atomic E-state index is 0.0688. The molecule has 0 bridgehead atoms. The number of nitrogens with zero attached hydrogens (tertiary/aromatic N) is 3. The number of hydrogen-bond donors (Lipinski definition) is 1. The van der Waals surface area contributed by atoms with Crippen molar-refractivity contribution in [3.8, 4) is 0 Å². The number of amides is 1. The van der Waals surface area contributed by atoms with Gasteiger partial charge in [-0.25, -0.2) is 8.42 Å². The van der Waals surface area contributed by atoms with E-state index in [0.717, 1.165) is 32.7 Å². The van der Waals surface area contributed by atoms with Gasteiger partial charge >= 0.3 is 0 Å². The summed E-state index contributed by atoms with van der Waals surface area (Å²) in [7, 11) is -3.74. The summed E-state index contributed by atoms with van der Waals surface area (Å²) in [5.41, 5.74) is 0.353. The number of carbonyl (C=O) groups is 1. The minimum Gasteiger partial charge on any atom is -0.379 e. The molecule has 1 amide bonds. The van der Waals surface area contributed by atoms with Crippen molar-refractivity contribution in [2.75, 3.05) is 45.9 Å². The van der Waals surface area contributed by atoms with Crippen molar-refractivity contribution in [3.05, 3.63) is 11.5 Å². The lowest BCUT2D eigenvalue weighted by Gasteiger charge is -2.36. The summed E-state index contributed by atoms with van der Waals surface area (Å²) in [4.78, 5) is 15.5. The Kier molecular flexibility index (Phi) is 8.12. The molecular weight excluding hydrogens is 420 g/mol. The molecule has 0 saturated carbocycles. The van der Waals surface area contributed by atoms with E-state index in [4.69, 9.17) is 9.26 Å². The standard InChI is InChI=1S/C21H36N4O5S/c1-15(2)12-19(24-8-10-29-11-9-24)13-22-21(26)18-6-5-7-25(14-18)31(27,28)20-16(3)23-30-17(20)4/h15,18-19H,5-14H2,1-4H3,(H,22,26). The molecule has 3 rings (SSSR count). The molecule has 1 aromatic rings. The fourth-order valence-electron chi connectivity index (χ4n) is 4.56. The van der Waals surface area contributed by atoms with Crippen LogP contribution in [0.2, 0.25) is 0 Å². The highest BCUT2D eigenvalue weighted by molar-refractivity contribution is 7.89. The fourth-order valence-corrected chi connectivity index (χ4v) is 6.37. The Labute approximate surface area is 185 Å². The average molecular weight is 457 g/mol. The largest absolute Gasteiger partial charge is 0.379 e. The summed E-state index contributed by atoms with van der Waals surface area (Å²) in [5, 5.41) is 6.89. The normalized spacial score (nSPS) is 22.5. The van der Waals surface area contributed by atoms with Crippen LogP contribution >= 0.6 is 0 Å². The number of nitrogens with one attached hydrogen (secondary N) is 1. The molecular formula is C21H36N4O5S. The first kappa shape index (κ1) is 24.2. The van der Waals surface area contributed by atoms with E-state index in [9.17, 15) is 13.2 Å². The maximum absolute atomic E-state index is 13.1. The third-order valence-electron chi connectivity index (χ3n) is 6.14. The second-order valence-electron chi connectivity index (χ2n) is 9.03. The van der Waals surface area contributed by atoms with Gasteiger partial charge in [-0.3, -0.25) is 9.69 Å². The number of aryl methyl sites for hydroxylation is 2. The molecule has 2 fully saturated rings. The summed E-state index contributed by atoms with van der Waals surface area (Å²) in [6.45, 7) is 12.0. The summed E-state index contributed by atoms with van der Waals surface area (Å²) in [5.74, 6) is 0.385. The predicted octanol–water partition coefficient (Wildman–Crippen LogP) is 1.56. The molecule has 1 aromatic heterocycles. The first-order valence-corrected chi connectivity index (χ1v) is 12.7. The number of morpholine rings is 1. The molecule has 10 heteroatoms. The highest BCUT2D eigenvalue weighted by Crippen LogP contribution is 2.27. The van der Waals surface area contributed by atoms with Crippen molar-refractivity contribution < 1.29 is 22.5 Å². The Morgan fingerprint density at radius 2 is 1.94 bits per heavy atom. The van der Waals surface area contributed by atoms with Gasteiger partial charge in [-0.05, 0) is 39.0 Å². The van der Waals surface area contributed by atoms with Crippen LogP contribution in [0, 0.1) is 25.7 Å². The number of hydrogen-bond acceptors (Lipinski definition) is 7. The second kappa shape index (κ2) is 10.4. The van der Waals surface area contributed by atoms with Gasteiger partial charge < -0.3 is 14.6 Å². The highest BCUT2D eigenvalue weighted by Gasteiger charge is 2.36. The summed E-state index contributed by atoms with van der Waals surface area (Å²) < 4.78 is 38.2. The maximum Gasteiger partial charge on any atom is 0.248 e. The van der Waals surface area contributed by atoms with Gasteiger partial charge in [0.1, 0.15) is 10.6 Å². The summed E-state index contributed by atoms with van der Waals surface area (Å²) in [6, 6.07) is 0.263. The fraction of sp³-hybridized carbons (Fsp3) is 0.810. The highest BCUT2D eigenvalue weighted by atomic mass is 32.2. The smallest absolute Gasteiger partial charge is 0.248 e. The van der Waals surface area contributed by atoms with E-state index in [1.165, 1.54) is 4.31 Å². The molecule has 31 heavy (non-hydrogen) atoms. The van der Waals surface area contributed by atoms with Gasteiger partial charge in [-0.2, -0.15) is 4.31 Å². The van der Waals surface area contributed by atoms with Crippen molar-refractivity contribution in [3.63, 3.8) is 0 Å². The SMILES string of the molecule is Cc1noc(C)c1S(=O)(=O)N1CCCC(C(=O)NCC(CC(C)C)N2CCOCC2)C1. The number of ether oxygens (including phenoxy) is 1. The summed E-state index contributed by atoms with van der Waals surface area (Å²) >= 11 is 0. The van der Waals surface area contributed by atoms with E-state index < -0.39 is 10.0 Å². The zero-order chi connectivity index (χ0) is 22.6. The topological polar surface area (TPSA) is 105 Å². The van der Waals surface area contributed by atoms with Gasteiger partial charge in [0.2, 0.25) is 15.9 Å². The van der Waals surface area contributed by atoms with Crippen LogP contribution in [-0.4, -0.2) is 80.7 Å². The Bertz CT molecular complexity index is 828. The van der Waals surface area contributed by atoms with Crippen LogP contribution in [0.1, 0.15) is 44.6 Å².